The molecule has 0 aromatic heterocycles. The predicted octanol–water partition coefficient (Wildman–Crippen LogP) is 3.81. The fourth-order valence-electron chi connectivity index (χ4n) is 3.95. The zero-order chi connectivity index (χ0) is 17.3. The van der Waals surface area contributed by atoms with Crippen LogP contribution in [0.4, 0.5) is 14.5 Å². The fraction of sp³-hybridized carbons (Fsp3) is 0.400. The Morgan fingerprint density at radius 3 is 2.76 bits per heavy atom. The summed E-state index contributed by atoms with van der Waals surface area (Å²) in [5.41, 5.74) is 1.79. The number of ether oxygens (including phenoxy) is 1. The average molecular weight is 344 g/mol. The Morgan fingerprint density at radius 1 is 1.12 bits per heavy atom. The quantitative estimate of drug-likeness (QED) is 0.913. The number of hydrogen-bond donors (Lipinski definition) is 1. The van der Waals surface area contributed by atoms with E-state index in [0.717, 1.165) is 43.7 Å². The predicted molar refractivity (Wildman–Crippen MR) is 93.4 cm³/mol. The summed E-state index contributed by atoms with van der Waals surface area (Å²) in [6.45, 7) is 3.31. The van der Waals surface area contributed by atoms with Gasteiger partial charge in [0.05, 0.1) is 18.2 Å². The van der Waals surface area contributed by atoms with Crippen molar-refractivity contribution >= 4 is 5.69 Å². The van der Waals surface area contributed by atoms with E-state index in [1.807, 2.05) is 18.2 Å². The van der Waals surface area contributed by atoms with Gasteiger partial charge in [-0.15, -0.1) is 0 Å². The highest BCUT2D eigenvalue weighted by Crippen LogP contribution is 2.36. The van der Waals surface area contributed by atoms with Gasteiger partial charge in [0.1, 0.15) is 11.6 Å². The number of rotatable bonds is 4. The maximum atomic E-state index is 13.3. The zero-order valence-electron chi connectivity index (χ0n) is 14.1. The Kier molecular flexibility index (Phi) is 4.44. The number of hydrogen-bond acceptors (Lipinski definition) is 3. The number of anilines is 1. The molecule has 2 fully saturated rings. The van der Waals surface area contributed by atoms with Crippen LogP contribution in [-0.4, -0.2) is 36.2 Å². The van der Waals surface area contributed by atoms with Gasteiger partial charge in [0, 0.05) is 31.7 Å². The third-order valence-corrected chi connectivity index (χ3v) is 5.12. The monoisotopic (exact) mass is 344 g/mol. The molecule has 2 heterocycles. The number of likely N-dealkylation sites (tertiary alicyclic amines) is 1. The minimum Gasteiger partial charge on any atom is -0.380 e. The molecule has 3 nitrogen and oxygen atoms in total. The van der Waals surface area contributed by atoms with Gasteiger partial charge in [-0.05, 0) is 42.3 Å². The molecule has 4 rings (SSSR count). The van der Waals surface area contributed by atoms with Gasteiger partial charge >= 0.3 is 0 Å². The van der Waals surface area contributed by atoms with Crippen LogP contribution < -0.4 is 5.32 Å². The molecule has 1 spiro atoms. The van der Waals surface area contributed by atoms with Crippen LogP contribution in [0, 0.1) is 11.6 Å². The Morgan fingerprint density at radius 2 is 1.96 bits per heavy atom. The van der Waals surface area contributed by atoms with Crippen LogP contribution in [0.25, 0.3) is 0 Å². The standard InChI is InChI=1S/C20H22F2N2O/c21-16-6-4-15(5-7-16)12-24-9-8-20(14-24)11-19(13-25-20)23-18-3-1-2-17(22)10-18/h1-7,10,19,23H,8-9,11-14H2/t19-,20-/m0/s1. The lowest BCUT2D eigenvalue weighted by atomic mass is 9.97. The van der Waals surface area contributed by atoms with Crippen LogP contribution in [0.15, 0.2) is 48.5 Å². The van der Waals surface area contributed by atoms with Crippen LogP contribution in [0.5, 0.6) is 0 Å². The molecule has 25 heavy (non-hydrogen) atoms. The van der Waals surface area contributed by atoms with Gasteiger partial charge < -0.3 is 10.1 Å². The largest absolute Gasteiger partial charge is 0.380 e. The van der Waals surface area contributed by atoms with E-state index in [1.54, 1.807) is 6.07 Å². The second-order valence-corrected chi connectivity index (χ2v) is 7.14. The van der Waals surface area contributed by atoms with E-state index < -0.39 is 0 Å². The van der Waals surface area contributed by atoms with Crippen molar-refractivity contribution < 1.29 is 13.5 Å². The summed E-state index contributed by atoms with van der Waals surface area (Å²) in [5.74, 6) is -0.433. The number of halogens is 2. The second-order valence-electron chi connectivity index (χ2n) is 7.14. The highest BCUT2D eigenvalue weighted by molar-refractivity contribution is 5.44. The van der Waals surface area contributed by atoms with Crippen molar-refractivity contribution in [2.45, 2.75) is 31.0 Å². The van der Waals surface area contributed by atoms with E-state index in [2.05, 4.69) is 10.2 Å². The van der Waals surface area contributed by atoms with Gasteiger partial charge in [0.15, 0.2) is 0 Å². The zero-order valence-corrected chi connectivity index (χ0v) is 14.1. The van der Waals surface area contributed by atoms with Gasteiger partial charge in [-0.3, -0.25) is 4.90 Å². The Labute approximate surface area is 146 Å². The first-order chi connectivity index (χ1) is 12.1. The topological polar surface area (TPSA) is 24.5 Å². The molecule has 0 bridgehead atoms. The smallest absolute Gasteiger partial charge is 0.125 e. The molecule has 132 valence electrons. The summed E-state index contributed by atoms with van der Waals surface area (Å²) in [6, 6.07) is 13.4. The first-order valence-corrected chi connectivity index (χ1v) is 8.73. The lowest BCUT2D eigenvalue weighted by Gasteiger charge is -2.23. The molecule has 2 atom stereocenters. The summed E-state index contributed by atoms with van der Waals surface area (Å²) in [4.78, 5) is 2.36. The third kappa shape index (κ3) is 3.83. The third-order valence-electron chi connectivity index (χ3n) is 5.12. The average Bonchev–Trinajstić information content (AvgIpc) is 3.16. The number of nitrogens with one attached hydrogen (secondary N) is 1. The highest BCUT2D eigenvalue weighted by atomic mass is 19.1. The van der Waals surface area contributed by atoms with E-state index >= 15 is 0 Å². The molecule has 5 heteroatoms. The minimum atomic E-state index is -0.232. The van der Waals surface area contributed by atoms with E-state index in [9.17, 15) is 8.78 Å². The van der Waals surface area contributed by atoms with Crippen molar-refractivity contribution in [3.8, 4) is 0 Å². The van der Waals surface area contributed by atoms with Crippen molar-refractivity contribution in [1.82, 2.24) is 4.90 Å². The molecule has 0 amide bonds. The number of benzene rings is 2. The van der Waals surface area contributed by atoms with Gasteiger partial charge in [0.25, 0.3) is 0 Å². The molecule has 0 radical (unpaired) electrons. The Bertz CT molecular complexity index is 737. The molecular formula is C20H22F2N2O. The molecule has 0 aliphatic carbocycles. The maximum Gasteiger partial charge on any atom is 0.125 e. The van der Waals surface area contributed by atoms with Crippen LogP contribution in [-0.2, 0) is 11.3 Å². The van der Waals surface area contributed by atoms with Gasteiger partial charge in [-0.1, -0.05) is 18.2 Å². The van der Waals surface area contributed by atoms with Crippen molar-refractivity contribution in [2.24, 2.45) is 0 Å². The van der Waals surface area contributed by atoms with E-state index in [0.29, 0.717) is 6.61 Å². The SMILES string of the molecule is Fc1ccc(CN2CC[C@]3(C[C@H](Nc4cccc(F)c4)CO3)C2)cc1. The maximum absolute atomic E-state index is 13.3. The van der Waals surface area contributed by atoms with Crippen molar-refractivity contribution in [1.29, 1.82) is 0 Å². The molecule has 2 aromatic carbocycles. The Hall–Kier alpha value is -1.98. The van der Waals surface area contributed by atoms with E-state index in [4.69, 9.17) is 4.74 Å². The van der Waals surface area contributed by atoms with Gasteiger partial charge in [0.2, 0.25) is 0 Å². The summed E-state index contributed by atoms with van der Waals surface area (Å²) >= 11 is 0. The summed E-state index contributed by atoms with van der Waals surface area (Å²) < 4.78 is 32.5. The number of nitrogens with zero attached hydrogens (tertiary/aromatic N) is 1. The molecule has 2 aliphatic rings. The van der Waals surface area contributed by atoms with E-state index in [1.165, 1.54) is 24.3 Å². The summed E-state index contributed by atoms with van der Waals surface area (Å²) in [6.07, 6.45) is 1.92. The van der Waals surface area contributed by atoms with Crippen molar-refractivity contribution in [2.75, 3.05) is 25.0 Å². The van der Waals surface area contributed by atoms with Gasteiger partial charge in [-0.2, -0.15) is 0 Å². The van der Waals surface area contributed by atoms with Crippen LogP contribution >= 0.6 is 0 Å². The highest BCUT2D eigenvalue weighted by Gasteiger charge is 2.45. The molecule has 1 N–H and O–H groups in total. The van der Waals surface area contributed by atoms with Crippen LogP contribution in [0.1, 0.15) is 18.4 Å². The van der Waals surface area contributed by atoms with Crippen LogP contribution in [0.2, 0.25) is 0 Å². The molecule has 2 aliphatic heterocycles. The first-order valence-electron chi connectivity index (χ1n) is 8.73. The fourth-order valence-corrected chi connectivity index (χ4v) is 3.95. The molecular weight excluding hydrogens is 322 g/mol. The van der Waals surface area contributed by atoms with Crippen molar-refractivity contribution in [3.63, 3.8) is 0 Å². The minimum absolute atomic E-state index is 0.120. The molecule has 0 unspecified atom stereocenters. The molecule has 2 saturated heterocycles. The Balaban J connectivity index is 1.34. The first kappa shape index (κ1) is 16.5. The summed E-state index contributed by atoms with van der Waals surface area (Å²) in [7, 11) is 0. The van der Waals surface area contributed by atoms with E-state index in [-0.39, 0.29) is 23.3 Å². The molecule has 0 saturated carbocycles. The van der Waals surface area contributed by atoms with Gasteiger partial charge in [-0.25, -0.2) is 8.78 Å². The van der Waals surface area contributed by atoms with Crippen LogP contribution in [0.3, 0.4) is 0 Å². The second kappa shape index (κ2) is 6.73. The molecule has 2 aromatic rings. The summed E-state index contributed by atoms with van der Waals surface area (Å²) in [5, 5.41) is 3.38. The normalized spacial score (nSPS) is 26.4. The lowest BCUT2D eigenvalue weighted by Crippen LogP contribution is -2.33. The lowest BCUT2D eigenvalue weighted by molar-refractivity contribution is 0.0120. The van der Waals surface area contributed by atoms with Crippen molar-refractivity contribution in [3.05, 3.63) is 65.7 Å².